The van der Waals surface area contributed by atoms with E-state index in [-0.39, 0.29) is 5.56 Å². The molecule has 114 valence electrons. The molecule has 3 aromatic rings. The van der Waals surface area contributed by atoms with E-state index in [9.17, 15) is 4.79 Å². The van der Waals surface area contributed by atoms with Crippen molar-refractivity contribution in [2.24, 2.45) is 0 Å². The molecule has 0 aliphatic carbocycles. The van der Waals surface area contributed by atoms with Crippen LogP contribution in [0.1, 0.15) is 11.3 Å². The van der Waals surface area contributed by atoms with Crippen LogP contribution in [0.5, 0.6) is 0 Å². The molecule has 3 aromatic heterocycles. The number of hydrogen-bond acceptors (Lipinski definition) is 4. The lowest BCUT2D eigenvalue weighted by Gasteiger charge is -2.13. The number of aromatic nitrogens is 4. The molecule has 0 aliphatic heterocycles. The quantitative estimate of drug-likeness (QED) is 0.535. The largest absolute Gasteiger partial charge is 0.325 e. The Hall–Kier alpha value is -1.50. The first-order valence-electron chi connectivity index (χ1n) is 6.43. The number of rotatable bonds is 3. The van der Waals surface area contributed by atoms with Gasteiger partial charge in [-0.05, 0) is 19.2 Å². The standard InChI is InChI=1S/C14H12Cl2N4OS/c1-8-3-14(21)20-13(5-12(18-20)22-2)19(8)7-9-6-17-11(16)4-10(9)15/h3-6H,7H2,1-2H3. The molecule has 0 amide bonds. The Morgan fingerprint density at radius 1 is 1.27 bits per heavy atom. The Morgan fingerprint density at radius 3 is 2.73 bits per heavy atom. The van der Waals surface area contributed by atoms with Gasteiger partial charge in [0.15, 0.2) is 0 Å². The summed E-state index contributed by atoms with van der Waals surface area (Å²) in [5.41, 5.74) is 2.23. The van der Waals surface area contributed by atoms with Gasteiger partial charge in [-0.15, -0.1) is 11.8 Å². The first-order valence-corrected chi connectivity index (χ1v) is 8.42. The van der Waals surface area contributed by atoms with Crippen LogP contribution in [-0.4, -0.2) is 25.4 Å². The highest BCUT2D eigenvalue weighted by atomic mass is 35.5. The summed E-state index contributed by atoms with van der Waals surface area (Å²) in [6.07, 6.45) is 3.56. The first kappa shape index (κ1) is 15.4. The van der Waals surface area contributed by atoms with E-state index in [1.54, 1.807) is 18.3 Å². The summed E-state index contributed by atoms with van der Waals surface area (Å²) in [6.45, 7) is 2.36. The van der Waals surface area contributed by atoms with E-state index in [1.807, 2.05) is 23.8 Å². The van der Waals surface area contributed by atoms with E-state index < -0.39 is 0 Å². The van der Waals surface area contributed by atoms with Gasteiger partial charge in [0.05, 0.1) is 11.6 Å². The molecule has 0 aliphatic rings. The average Bonchev–Trinajstić information content (AvgIpc) is 2.90. The fourth-order valence-electron chi connectivity index (χ4n) is 2.23. The summed E-state index contributed by atoms with van der Waals surface area (Å²) >= 11 is 13.5. The molecule has 22 heavy (non-hydrogen) atoms. The summed E-state index contributed by atoms with van der Waals surface area (Å²) in [5, 5.41) is 5.97. The van der Waals surface area contributed by atoms with Gasteiger partial charge in [0.1, 0.15) is 15.8 Å². The molecule has 0 aromatic carbocycles. The molecule has 0 radical (unpaired) electrons. The van der Waals surface area contributed by atoms with Crippen LogP contribution in [0.2, 0.25) is 10.2 Å². The van der Waals surface area contributed by atoms with Gasteiger partial charge in [-0.25, -0.2) is 4.98 Å². The Bertz CT molecular complexity index is 919. The molecule has 0 fully saturated rings. The van der Waals surface area contributed by atoms with Crippen LogP contribution >= 0.6 is 35.0 Å². The van der Waals surface area contributed by atoms with Crippen LogP contribution in [0.4, 0.5) is 0 Å². The lowest BCUT2D eigenvalue weighted by atomic mass is 10.2. The van der Waals surface area contributed by atoms with Crippen molar-refractivity contribution in [1.82, 2.24) is 19.2 Å². The average molecular weight is 355 g/mol. The van der Waals surface area contributed by atoms with Gasteiger partial charge in [-0.2, -0.15) is 9.61 Å². The molecule has 5 nitrogen and oxygen atoms in total. The van der Waals surface area contributed by atoms with Crippen molar-refractivity contribution in [1.29, 1.82) is 0 Å². The number of nitrogens with zero attached hydrogens (tertiary/aromatic N) is 4. The molecule has 8 heteroatoms. The zero-order valence-electron chi connectivity index (χ0n) is 11.9. The zero-order chi connectivity index (χ0) is 15.9. The van der Waals surface area contributed by atoms with Crippen LogP contribution < -0.4 is 5.56 Å². The molecule has 3 heterocycles. The number of halogens is 2. The van der Waals surface area contributed by atoms with Crippen molar-refractivity contribution < 1.29 is 0 Å². The smallest absolute Gasteiger partial charge is 0.274 e. The van der Waals surface area contributed by atoms with Crippen LogP contribution in [0, 0.1) is 6.92 Å². The number of aryl methyl sites for hydroxylation is 1. The molecule has 0 atom stereocenters. The van der Waals surface area contributed by atoms with Crippen molar-refractivity contribution in [3.63, 3.8) is 0 Å². The third-order valence-corrected chi connectivity index (χ3v) is 4.52. The Balaban J connectivity index is 2.17. The number of fused-ring (bicyclic) bond motifs is 1. The monoisotopic (exact) mass is 354 g/mol. The Labute approximate surface area is 140 Å². The van der Waals surface area contributed by atoms with Crippen LogP contribution in [0.25, 0.3) is 5.65 Å². The summed E-state index contributed by atoms with van der Waals surface area (Å²) < 4.78 is 3.38. The van der Waals surface area contributed by atoms with Crippen molar-refractivity contribution in [2.45, 2.75) is 18.5 Å². The Morgan fingerprint density at radius 2 is 2.05 bits per heavy atom. The fraction of sp³-hybridized carbons (Fsp3) is 0.214. The third kappa shape index (κ3) is 2.74. The summed E-state index contributed by atoms with van der Waals surface area (Å²) in [7, 11) is 0. The highest BCUT2D eigenvalue weighted by Crippen LogP contribution is 2.22. The molecule has 0 spiro atoms. The lowest BCUT2D eigenvalue weighted by Crippen LogP contribution is -2.20. The molecule has 0 N–H and O–H groups in total. The maximum absolute atomic E-state index is 12.1. The lowest BCUT2D eigenvalue weighted by molar-refractivity contribution is 0.731. The van der Waals surface area contributed by atoms with Gasteiger partial charge < -0.3 is 4.57 Å². The highest BCUT2D eigenvalue weighted by molar-refractivity contribution is 7.98. The van der Waals surface area contributed by atoms with Gasteiger partial charge in [0.25, 0.3) is 5.56 Å². The summed E-state index contributed by atoms with van der Waals surface area (Å²) in [4.78, 5) is 16.1. The Kier molecular flexibility index (Phi) is 4.16. The SMILES string of the molecule is CSc1cc2n(Cc3cnc(Cl)cc3Cl)c(C)cc(=O)n2n1. The molecule has 0 unspecified atom stereocenters. The number of pyridine rings is 1. The first-order chi connectivity index (χ1) is 10.5. The summed E-state index contributed by atoms with van der Waals surface area (Å²) in [5.74, 6) is 0. The molecular formula is C14H12Cl2N4OS. The van der Waals surface area contributed by atoms with E-state index in [0.29, 0.717) is 16.7 Å². The minimum atomic E-state index is -0.149. The second-order valence-corrected chi connectivity index (χ2v) is 6.39. The van der Waals surface area contributed by atoms with Crippen molar-refractivity contribution in [2.75, 3.05) is 6.26 Å². The highest BCUT2D eigenvalue weighted by Gasteiger charge is 2.12. The molecular weight excluding hydrogens is 343 g/mol. The van der Waals surface area contributed by atoms with Crippen LogP contribution in [-0.2, 0) is 6.54 Å². The van der Waals surface area contributed by atoms with Crippen molar-refractivity contribution in [3.8, 4) is 0 Å². The molecule has 0 saturated heterocycles. The second kappa shape index (κ2) is 5.95. The minimum absolute atomic E-state index is 0.149. The maximum Gasteiger partial charge on any atom is 0.274 e. The normalized spacial score (nSPS) is 11.3. The fourth-order valence-corrected chi connectivity index (χ4v) is 3.04. The molecule has 0 bridgehead atoms. The topological polar surface area (TPSA) is 52.2 Å². The summed E-state index contributed by atoms with van der Waals surface area (Å²) in [6, 6.07) is 5.05. The molecule has 3 rings (SSSR count). The second-order valence-electron chi connectivity index (χ2n) is 4.77. The van der Waals surface area contributed by atoms with Gasteiger partial charge in [0, 0.05) is 29.6 Å². The maximum atomic E-state index is 12.1. The van der Waals surface area contributed by atoms with Gasteiger partial charge in [-0.1, -0.05) is 23.2 Å². The predicted molar refractivity (Wildman–Crippen MR) is 89.3 cm³/mol. The van der Waals surface area contributed by atoms with Gasteiger partial charge in [0.2, 0.25) is 0 Å². The zero-order valence-corrected chi connectivity index (χ0v) is 14.2. The van der Waals surface area contributed by atoms with Crippen molar-refractivity contribution >= 4 is 40.6 Å². The third-order valence-electron chi connectivity index (χ3n) is 3.35. The van der Waals surface area contributed by atoms with E-state index in [1.165, 1.54) is 16.3 Å². The van der Waals surface area contributed by atoms with E-state index in [0.717, 1.165) is 21.9 Å². The van der Waals surface area contributed by atoms with E-state index in [2.05, 4.69) is 10.1 Å². The van der Waals surface area contributed by atoms with Crippen LogP contribution in [0.15, 0.2) is 34.2 Å². The minimum Gasteiger partial charge on any atom is -0.325 e. The predicted octanol–water partition coefficient (Wildman–Crippen LogP) is 3.28. The number of hydrogen-bond donors (Lipinski definition) is 0. The van der Waals surface area contributed by atoms with E-state index in [4.69, 9.17) is 23.2 Å². The van der Waals surface area contributed by atoms with Crippen LogP contribution in [0.3, 0.4) is 0 Å². The number of thioether (sulfide) groups is 1. The van der Waals surface area contributed by atoms with E-state index >= 15 is 0 Å². The molecule has 0 saturated carbocycles. The van der Waals surface area contributed by atoms with Gasteiger partial charge >= 0.3 is 0 Å². The van der Waals surface area contributed by atoms with Gasteiger partial charge in [-0.3, -0.25) is 4.79 Å². The van der Waals surface area contributed by atoms with Crippen molar-refractivity contribution in [3.05, 3.63) is 56.2 Å².